The predicted molar refractivity (Wildman–Crippen MR) is 100 cm³/mol. The molecule has 7 nitrogen and oxygen atoms in total. The van der Waals surface area contributed by atoms with Crippen molar-refractivity contribution in [3.63, 3.8) is 0 Å². The van der Waals surface area contributed by atoms with Crippen LogP contribution in [0.4, 0.5) is 0 Å². The number of carbonyl (C=O) groups excluding carboxylic acids is 1. The number of benzene rings is 1. The van der Waals surface area contributed by atoms with Gasteiger partial charge >= 0.3 is 0 Å². The molecule has 1 N–H and O–H groups in total. The summed E-state index contributed by atoms with van der Waals surface area (Å²) in [5.41, 5.74) is 0.609. The van der Waals surface area contributed by atoms with Crippen LogP contribution in [-0.2, 0) is 0 Å². The minimum atomic E-state index is -0.240. The quantitative estimate of drug-likeness (QED) is 0.808. The molecule has 0 spiro atoms. The van der Waals surface area contributed by atoms with Crippen LogP contribution in [-0.4, -0.2) is 32.7 Å². The summed E-state index contributed by atoms with van der Waals surface area (Å²) in [7, 11) is 0. The van der Waals surface area contributed by atoms with Gasteiger partial charge < -0.3 is 10.1 Å². The van der Waals surface area contributed by atoms with Crippen LogP contribution >= 0.6 is 0 Å². The molecule has 2 saturated carbocycles. The molecule has 1 aromatic heterocycles. The summed E-state index contributed by atoms with van der Waals surface area (Å²) >= 11 is 0. The number of tetrazole rings is 1. The molecule has 0 saturated heterocycles. The second-order valence-electron chi connectivity index (χ2n) is 7.75. The van der Waals surface area contributed by atoms with Crippen molar-refractivity contribution in [1.29, 1.82) is 0 Å². The number of rotatable bonds is 7. The van der Waals surface area contributed by atoms with Crippen LogP contribution in [0.15, 0.2) is 24.3 Å². The first-order valence-electron chi connectivity index (χ1n) is 10.0. The lowest BCUT2D eigenvalue weighted by Crippen LogP contribution is -2.28. The van der Waals surface area contributed by atoms with Crippen LogP contribution in [0.2, 0.25) is 0 Å². The van der Waals surface area contributed by atoms with Crippen molar-refractivity contribution in [3.05, 3.63) is 35.7 Å². The highest BCUT2D eigenvalue weighted by molar-refractivity contribution is 5.94. The van der Waals surface area contributed by atoms with Crippen molar-refractivity contribution in [3.8, 4) is 5.75 Å². The maximum Gasteiger partial charge on any atom is 0.251 e. The summed E-state index contributed by atoms with van der Waals surface area (Å²) in [6, 6.07) is 7.50. The molecule has 2 aliphatic rings. The monoisotopic (exact) mass is 369 g/mol. The van der Waals surface area contributed by atoms with Crippen molar-refractivity contribution in [2.24, 2.45) is 5.92 Å². The Hall–Kier alpha value is -2.44. The normalized spacial score (nSPS) is 18.9. The molecule has 27 heavy (non-hydrogen) atoms. The van der Waals surface area contributed by atoms with Gasteiger partial charge in [0.05, 0.1) is 18.7 Å². The molecular formula is C20H27N5O2. The van der Waals surface area contributed by atoms with E-state index in [2.05, 4.69) is 20.8 Å². The smallest absolute Gasteiger partial charge is 0.251 e. The Morgan fingerprint density at radius 3 is 2.63 bits per heavy atom. The number of ether oxygens (including phenoxy) is 1. The summed E-state index contributed by atoms with van der Waals surface area (Å²) < 4.78 is 7.73. The molecule has 2 aromatic rings. The van der Waals surface area contributed by atoms with E-state index in [9.17, 15) is 4.79 Å². The average molecular weight is 369 g/mol. The minimum Gasteiger partial charge on any atom is -0.493 e. The molecule has 0 aliphatic heterocycles. The molecule has 1 heterocycles. The van der Waals surface area contributed by atoms with E-state index in [4.69, 9.17) is 4.74 Å². The van der Waals surface area contributed by atoms with Gasteiger partial charge in [-0.3, -0.25) is 4.79 Å². The largest absolute Gasteiger partial charge is 0.493 e. The number of amides is 1. The number of hydrogen-bond acceptors (Lipinski definition) is 5. The van der Waals surface area contributed by atoms with E-state index in [1.165, 1.54) is 32.1 Å². The summed E-state index contributed by atoms with van der Waals surface area (Å²) in [6.07, 6.45) is 8.70. The summed E-state index contributed by atoms with van der Waals surface area (Å²) in [5.74, 6) is 2.06. The third-order valence-corrected chi connectivity index (χ3v) is 5.47. The first-order valence-corrected chi connectivity index (χ1v) is 10.0. The number of nitrogens with one attached hydrogen (secondary N) is 1. The van der Waals surface area contributed by atoms with Gasteiger partial charge in [-0.05, 0) is 73.2 Å². The fourth-order valence-electron chi connectivity index (χ4n) is 3.68. The van der Waals surface area contributed by atoms with Crippen LogP contribution in [0.3, 0.4) is 0 Å². The summed E-state index contributed by atoms with van der Waals surface area (Å²) in [5, 5.41) is 14.8. The Balaban J connectivity index is 1.31. The lowest BCUT2D eigenvalue weighted by Gasteiger charge is -2.21. The second-order valence-corrected chi connectivity index (χ2v) is 7.75. The first kappa shape index (κ1) is 17.9. The number of carbonyl (C=O) groups is 1. The summed E-state index contributed by atoms with van der Waals surface area (Å²) in [4.78, 5) is 12.5. The second kappa shape index (κ2) is 8.06. The molecule has 0 radical (unpaired) electrons. The molecule has 1 amide bonds. The van der Waals surface area contributed by atoms with Crippen LogP contribution in [0.1, 0.15) is 80.1 Å². The van der Waals surface area contributed by atoms with Gasteiger partial charge in [0.2, 0.25) is 0 Å². The Bertz CT molecular complexity index is 763. The van der Waals surface area contributed by atoms with Gasteiger partial charge in [0, 0.05) is 5.56 Å². The third kappa shape index (κ3) is 4.46. The van der Waals surface area contributed by atoms with Gasteiger partial charge in [-0.1, -0.05) is 19.3 Å². The SMILES string of the molecule is C[C@H](NC(=O)c1ccc(OCC2CCCCC2)cc1)c1nnnn1C1CC1. The van der Waals surface area contributed by atoms with Crippen LogP contribution in [0.25, 0.3) is 0 Å². The molecule has 0 unspecified atom stereocenters. The molecule has 4 rings (SSSR count). The lowest BCUT2D eigenvalue weighted by atomic mass is 9.90. The Morgan fingerprint density at radius 2 is 1.93 bits per heavy atom. The van der Waals surface area contributed by atoms with E-state index in [-0.39, 0.29) is 11.9 Å². The lowest BCUT2D eigenvalue weighted by molar-refractivity contribution is 0.0937. The van der Waals surface area contributed by atoms with E-state index in [0.29, 0.717) is 23.3 Å². The number of aromatic nitrogens is 4. The van der Waals surface area contributed by atoms with Crippen LogP contribution in [0, 0.1) is 5.92 Å². The zero-order valence-electron chi connectivity index (χ0n) is 15.8. The van der Waals surface area contributed by atoms with Crippen molar-refractivity contribution < 1.29 is 9.53 Å². The molecule has 0 bridgehead atoms. The van der Waals surface area contributed by atoms with Gasteiger partial charge in [0.1, 0.15) is 5.75 Å². The average Bonchev–Trinajstić information content (AvgIpc) is 3.43. The number of nitrogens with zero attached hydrogens (tertiary/aromatic N) is 4. The Kier molecular flexibility index (Phi) is 5.36. The van der Waals surface area contributed by atoms with Gasteiger partial charge in [-0.2, -0.15) is 0 Å². The predicted octanol–water partition coefficient (Wildman–Crippen LogP) is 3.46. The molecule has 1 atom stereocenters. The molecular weight excluding hydrogens is 342 g/mol. The fourth-order valence-corrected chi connectivity index (χ4v) is 3.68. The van der Waals surface area contributed by atoms with Gasteiger partial charge in [0.25, 0.3) is 5.91 Å². The highest BCUT2D eigenvalue weighted by Crippen LogP contribution is 2.35. The van der Waals surface area contributed by atoms with Crippen molar-refractivity contribution in [1.82, 2.24) is 25.5 Å². The van der Waals surface area contributed by atoms with Crippen molar-refractivity contribution in [2.75, 3.05) is 6.61 Å². The van der Waals surface area contributed by atoms with Crippen LogP contribution < -0.4 is 10.1 Å². The first-order chi connectivity index (χ1) is 13.2. The van der Waals surface area contributed by atoms with Gasteiger partial charge in [-0.25, -0.2) is 4.68 Å². The maximum absolute atomic E-state index is 12.5. The van der Waals surface area contributed by atoms with Crippen molar-refractivity contribution >= 4 is 5.91 Å². The number of hydrogen-bond donors (Lipinski definition) is 1. The minimum absolute atomic E-state index is 0.133. The van der Waals surface area contributed by atoms with E-state index in [0.717, 1.165) is 25.2 Å². The highest BCUT2D eigenvalue weighted by Gasteiger charge is 2.30. The maximum atomic E-state index is 12.5. The molecule has 144 valence electrons. The zero-order chi connectivity index (χ0) is 18.6. The standard InChI is InChI=1S/C20H27N5O2/c1-14(19-22-23-24-25(19)17-9-10-17)21-20(26)16-7-11-18(12-8-16)27-13-15-5-3-2-4-6-15/h7-8,11-12,14-15,17H,2-6,9-10,13H2,1H3,(H,21,26)/t14-/m0/s1. The van der Waals surface area contributed by atoms with Gasteiger partial charge in [-0.15, -0.1) is 5.10 Å². The third-order valence-electron chi connectivity index (χ3n) is 5.47. The molecule has 7 heteroatoms. The Morgan fingerprint density at radius 1 is 1.19 bits per heavy atom. The molecule has 1 aromatic carbocycles. The molecule has 2 aliphatic carbocycles. The van der Waals surface area contributed by atoms with Gasteiger partial charge in [0.15, 0.2) is 5.82 Å². The zero-order valence-corrected chi connectivity index (χ0v) is 15.8. The molecule has 2 fully saturated rings. The van der Waals surface area contributed by atoms with Crippen molar-refractivity contribution in [2.45, 2.75) is 64.0 Å². The topological polar surface area (TPSA) is 81.9 Å². The summed E-state index contributed by atoms with van der Waals surface area (Å²) in [6.45, 7) is 2.68. The van der Waals surface area contributed by atoms with E-state index in [1.54, 1.807) is 0 Å². The van der Waals surface area contributed by atoms with Crippen LogP contribution in [0.5, 0.6) is 5.75 Å². The highest BCUT2D eigenvalue weighted by atomic mass is 16.5. The van der Waals surface area contributed by atoms with E-state index >= 15 is 0 Å². The van der Waals surface area contributed by atoms with E-state index < -0.39 is 0 Å². The Labute approximate surface area is 159 Å². The van der Waals surface area contributed by atoms with E-state index in [1.807, 2.05) is 35.9 Å². The fraction of sp³-hybridized carbons (Fsp3) is 0.600.